The van der Waals surface area contributed by atoms with Crippen LogP contribution in [0.5, 0.6) is 0 Å². The van der Waals surface area contributed by atoms with Crippen molar-refractivity contribution < 1.29 is 5.11 Å². The van der Waals surface area contributed by atoms with E-state index in [-0.39, 0.29) is 6.10 Å². The number of aryl methyl sites for hydroxylation is 3. The van der Waals surface area contributed by atoms with Crippen LogP contribution in [0.1, 0.15) is 54.0 Å². The van der Waals surface area contributed by atoms with Gasteiger partial charge in [-0.2, -0.15) is 0 Å². The van der Waals surface area contributed by atoms with E-state index in [4.69, 9.17) is 0 Å². The maximum Gasteiger partial charge on any atom is 0.0950 e. The molecule has 20 heavy (non-hydrogen) atoms. The molecule has 4 atom stereocenters. The summed E-state index contributed by atoms with van der Waals surface area (Å²) >= 11 is 0. The van der Waals surface area contributed by atoms with Gasteiger partial charge in [-0.1, -0.05) is 24.1 Å². The first-order valence-corrected chi connectivity index (χ1v) is 7.96. The predicted molar refractivity (Wildman–Crippen MR) is 82.9 cm³/mol. The Balaban J connectivity index is 1.88. The van der Waals surface area contributed by atoms with Gasteiger partial charge in [0, 0.05) is 12.1 Å². The Bertz CT molecular complexity index is 487. The molecule has 1 aliphatic heterocycles. The second-order valence-corrected chi connectivity index (χ2v) is 6.98. The Morgan fingerprint density at radius 3 is 2.40 bits per heavy atom. The zero-order valence-corrected chi connectivity index (χ0v) is 13.2. The van der Waals surface area contributed by atoms with Crippen LogP contribution in [0.25, 0.3) is 0 Å². The molecule has 1 N–H and O–H groups in total. The van der Waals surface area contributed by atoms with E-state index in [1.165, 1.54) is 36.0 Å². The molecule has 1 aromatic rings. The van der Waals surface area contributed by atoms with Gasteiger partial charge in [0.15, 0.2) is 0 Å². The van der Waals surface area contributed by atoms with Gasteiger partial charge in [0.1, 0.15) is 0 Å². The van der Waals surface area contributed by atoms with Crippen LogP contribution < -0.4 is 0 Å². The quantitative estimate of drug-likeness (QED) is 0.891. The van der Waals surface area contributed by atoms with Crippen LogP contribution in [0.4, 0.5) is 0 Å². The van der Waals surface area contributed by atoms with Gasteiger partial charge in [-0.05, 0) is 69.7 Å². The van der Waals surface area contributed by atoms with Gasteiger partial charge >= 0.3 is 0 Å². The second-order valence-electron chi connectivity index (χ2n) is 6.98. The molecular formula is C18H27NO. The van der Waals surface area contributed by atoms with E-state index in [2.05, 4.69) is 44.9 Å². The highest BCUT2D eigenvalue weighted by atomic mass is 16.3. The molecule has 1 saturated carbocycles. The average molecular weight is 273 g/mol. The van der Waals surface area contributed by atoms with Crippen molar-refractivity contribution in [2.45, 2.75) is 64.6 Å². The third kappa shape index (κ3) is 2.19. The predicted octanol–water partition coefficient (Wildman–Crippen LogP) is 3.52. The van der Waals surface area contributed by atoms with Crippen molar-refractivity contribution in [1.82, 2.24) is 4.90 Å². The van der Waals surface area contributed by atoms with E-state index >= 15 is 0 Å². The maximum absolute atomic E-state index is 11.0. The average Bonchev–Trinajstić information content (AvgIpc) is 2.91. The Labute approximate surface area is 122 Å². The molecule has 2 fully saturated rings. The molecule has 3 rings (SSSR count). The summed E-state index contributed by atoms with van der Waals surface area (Å²) in [5, 5.41) is 11.0. The highest BCUT2D eigenvalue weighted by Gasteiger charge is 2.44. The van der Waals surface area contributed by atoms with E-state index in [9.17, 15) is 5.11 Å². The topological polar surface area (TPSA) is 23.5 Å². The Hall–Kier alpha value is -0.860. The van der Waals surface area contributed by atoms with Crippen molar-refractivity contribution in [1.29, 1.82) is 0 Å². The monoisotopic (exact) mass is 273 g/mol. The lowest BCUT2D eigenvalue weighted by Crippen LogP contribution is -2.36. The minimum Gasteiger partial charge on any atom is -0.387 e. The lowest BCUT2D eigenvalue weighted by atomic mass is 9.89. The number of benzene rings is 1. The van der Waals surface area contributed by atoms with Gasteiger partial charge in [0.25, 0.3) is 0 Å². The van der Waals surface area contributed by atoms with E-state index in [1.807, 2.05) is 0 Å². The number of aliphatic hydroxyl groups excluding tert-OH is 1. The number of hydrogen-bond donors (Lipinski definition) is 1. The zero-order chi connectivity index (χ0) is 14.4. The number of rotatable bonds is 2. The van der Waals surface area contributed by atoms with Crippen LogP contribution in [-0.2, 0) is 0 Å². The fourth-order valence-corrected chi connectivity index (χ4v) is 4.75. The van der Waals surface area contributed by atoms with Crippen LogP contribution >= 0.6 is 0 Å². The summed E-state index contributed by atoms with van der Waals surface area (Å²) in [5.74, 6) is 0.811. The van der Waals surface area contributed by atoms with Gasteiger partial charge in [-0.25, -0.2) is 0 Å². The number of likely N-dealkylation sites (tertiary alicyclic amines) is 1. The molecule has 1 aliphatic carbocycles. The van der Waals surface area contributed by atoms with E-state index in [1.54, 1.807) is 0 Å². The highest BCUT2D eigenvalue weighted by molar-refractivity contribution is 5.39. The fraction of sp³-hybridized carbons (Fsp3) is 0.667. The van der Waals surface area contributed by atoms with Gasteiger partial charge in [0.2, 0.25) is 0 Å². The third-order valence-corrected chi connectivity index (χ3v) is 5.61. The molecule has 0 bridgehead atoms. The Morgan fingerprint density at radius 2 is 1.80 bits per heavy atom. The largest absolute Gasteiger partial charge is 0.387 e. The van der Waals surface area contributed by atoms with E-state index in [0.717, 1.165) is 17.9 Å². The summed E-state index contributed by atoms with van der Waals surface area (Å²) in [6.07, 6.45) is 4.85. The molecule has 1 aromatic carbocycles. The molecule has 0 aromatic heterocycles. The highest BCUT2D eigenvalue weighted by Crippen LogP contribution is 2.44. The van der Waals surface area contributed by atoms with Gasteiger partial charge in [-0.15, -0.1) is 0 Å². The summed E-state index contributed by atoms with van der Waals surface area (Å²) < 4.78 is 0. The lowest BCUT2D eigenvalue weighted by molar-refractivity contribution is 0.0700. The van der Waals surface area contributed by atoms with Gasteiger partial charge in [0.05, 0.1) is 6.10 Å². The molecule has 110 valence electrons. The summed E-state index contributed by atoms with van der Waals surface area (Å²) in [6, 6.07) is 5.40. The molecule has 0 spiro atoms. The van der Waals surface area contributed by atoms with Crippen molar-refractivity contribution in [3.63, 3.8) is 0 Å². The molecule has 0 radical (unpaired) electrons. The van der Waals surface area contributed by atoms with Crippen molar-refractivity contribution in [2.75, 3.05) is 7.05 Å². The van der Waals surface area contributed by atoms with E-state index < -0.39 is 0 Å². The molecular weight excluding hydrogens is 246 g/mol. The summed E-state index contributed by atoms with van der Waals surface area (Å²) in [4.78, 5) is 2.46. The van der Waals surface area contributed by atoms with Crippen LogP contribution in [0, 0.1) is 26.7 Å². The molecule has 2 aliphatic rings. The number of likely N-dealkylation sites (N-methyl/N-ethyl adjacent to an activating group) is 1. The molecule has 1 heterocycles. The lowest BCUT2D eigenvalue weighted by Gasteiger charge is -2.30. The van der Waals surface area contributed by atoms with E-state index in [0.29, 0.717) is 12.1 Å². The standard InChI is InChI=1S/C18H27NO/c1-11-8-12(2)17(13(3)9-11)18(20)16-10-14-6-5-7-15(14)19(16)4/h8-9,14-16,18,20H,5-7,10H2,1-4H3/t14-,15-,16-,18-/m1/s1. The molecule has 0 amide bonds. The molecule has 0 unspecified atom stereocenters. The molecule has 2 heteroatoms. The number of fused-ring (bicyclic) bond motifs is 1. The third-order valence-electron chi connectivity index (χ3n) is 5.61. The first-order valence-electron chi connectivity index (χ1n) is 7.96. The Morgan fingerprint density at radius 1 is 1.15 bits per heavy atom. The van der Waals surface area contributed by atoms with Crippen LogP contribution in [0.15, 0.2) is 12.1 Å². The van der Waals surface area contributed by atoms with Gasteiger partial charge in [-0.3, -0.25) is 4.90 Å². The van der Waals surface area contributed by atoms with Crippen LogP contribution in [0.3, 0.4) is 0 Å². The molecule has 1 saturated heterocycles. The number of aliphatic hydroxyl groups is 1. The van der Waals surface area contributed by atoms with Crippen LogP contribution in [-0.4, -0.2) is 29.1 Å². The second kappa shape index (κ2) is 5.16. The van der Waals surface area contributed by atoms with Crippen molar-refractivity contribution in [3.05, 3.63) is 34.4 Å². The number of nitrogens with zero attached hydrogens (tertiary/aromatic N) is 1. The SMILES string of the molecule is Cc1cc(C)c([C@H](O)[C@H]2C[C@H]3CCC[C@H]3N2C)c(C)c1. The first kappa shape index (κ1) is 14.1. The summed E-state index contributed by atoms with van der Waals surface area (Å²) in [5.41, 5.74) is 4.92. The van der Waals surface area contributed by atoms with Crippen LogP contribution in [0.2, 0.25) is 0 Å². The normalized spacial score (nSPS) is 31.6. The number of hydrogen-bond acceptors (Lipinski definition) is 2. The Kier molecular flexibility index (Phi) is 3.64. The van der Waals surface area contributed by atoms with Crippen molar-refractivity contribution in [3.8, 4) is 0 Å². The van der Waals surface area contributed by atoms with Crippen molar-refractivity contribution >= 4 is 0 Å². The van der Waals surface area contributed by atoms with Crippen molar-refractivity contribution in [2.24, 2.45) is 5.92 Å². The minimum absolute atomic E-state index is 0.297. The summed E-state index contributed by atoms with van der Waals surface area (Å²) in [6.45, 7) is 6.39. The fourth-order valence-electron chi connectivity index (χ4n) is 4.75. The first-order chi connectivity index (χ1) is 9.49. The summed E-state index contributed by atoms with van der Waals surface area (Å²) in [7, 11) is 2.21. The smallest absolute Gasteiger partial charge is 0.0950 e. The maximum atomic E-state index is 11.0. The molecule has 2 nitrogen and oxygen atoms in total. The zero-order valence-electron chi connectivity index (χ0n) is 13.2. The minimum atomic E-state index is -0.341. The van der Waals surface area contributed by atoms with Gasteiger partial charge < -0.3 is 5.11 Å².